The molecule has 0 fully saturated rings. The zero-order valence-electron chi connectivity index (χ0n) is 13.2. The van der Waals surface area contributed by atoms with E-state index in [1.54, 1.807) is 6.20 Å². The van der Waals surface area contributed by atoms with Crippen LogP contribution in [0.1, 0.15) is 77.5 Å². The minimum absolute atomic E-state index is 0.335. The van der Waals surface area contributed by atoms with E-state index in [1.165, 1.54) is 38.5 Å². The number of Topliss-reactive ketones (excluding diaryl/α,β-unsaturated/α-hetero) is 1. The van der Waals surface area contributed by atoms with Gasteiger partial charge < -0.3 is 4.57 Å². The van der Waals surface area contributed by atoms with Crippen LogP contribution in [-0.2, 0) is 17.8 Å². The lowest BCUT2D eigenvalue weighted by atomic mass is 10.1. The zero-order chi connectivity index (χ0) is 14.6. The molecule has 0 aliphatic rings. The molecule has 3 heteroatoms. The topological polar surface area (TPSA) is 34.9 Å². The fraction of sp³-hybridized carbons (Fsp3) is 0.765. The summed E-state index contributed by atoms with van der Waals surface area (Å²) in [5.74, 6) is 1.27. The molecule has 0 N–H and O–H groups in total. The van der Waals surface area contributed by atoms with Crippen molar-refractivity contribution in [1.82, 2.24) is 9.55 Å². The van der Waals surface area contributed by atoms with Gasteiger partial charge in [-0.2, -0.15) is 0 Å². The molecule has 0 saturated heterocycles. The first kappa shape index (κ1) is 16.9. The SMILES string of the molecule is CCCCCCCCCC(=O)Cc1nccn1CCC. The smallest absolute Gasteiger partial charge is 0.140 e. The number of hydrogen-bond acceptors (Lipinski definition) is 2. The van der Waals surface area contributed by atoms with Crippen LogP contribution in [0, 0.1) is 0 Å². The zero-order valence-corrected chi connectivity index (χ0v) is 13.2. The lowest BCUT2D eigenvalue weighted by molar-refractivity contribution is -0.118. The fourth-order valence-corrected chi connectivity index (χ4v) is 2.50. The van der Waals surface area contributed by atoms with E-state index < -0.39 is 0 Å². The monoisotopic (exact) mass is 278 g/mol. The van der Waals surface area contributed by atoms with Crippen molar-refractivity contribution in [2.45, 2.75) is 84.6 Å². The van der Waals surface area contributed by atoms with Gasteiger partial charge in [0.05, 0.1) is 6.42 Å². The van der Waals surface area contributed by atoms with E-state index in [2.05, 4.69) is 23.4 Å². The van der Waals surface area contributed by atoms with Gasteiger partial charge in [-0.3, -0.25) is 4.79 Å². The van der Waals surface area contributed by atoms with E-state index >= 15 is 0 Å². The first-order chi connectivity index (χ1) is 9.77. The number of carbonyl (C=O) groups excluding carboxylic acids is 1. The quantitative estimate of drug-likeness (QED) is 0.526. The van der Waals surface area contributed by atoms with Crippen LogP contribution in [0.4, 0.5) is 0 Å². The highest BCUT2D eigenvalue weighted by Gasteiger charge is 2.08. The molecule has 0 saturated carbocycles. The molecule has 3 nitrogen and oxygen atoms in total. The van der Waals surface area contributed by atoms with E-state index in [1.807, 2.05) is 6.20 Å². The molecule has 0 spiro atoms. The van der Waals surface area contributed by atoms with Gasteiger partial charge in [0.15, 0.2) is 0 Å². The Morgan fingerprint density at radius 1 is 1.05 bits per heavy atom. The molecular weight excluding hydrogens is 248 g/mol. The van der Waals surface area contributed by atoms with Gasteiger partial charge >= 0.3 is 0 Å². The summed E-state index contributed by atoms with van der Waals surface area (Å²) in [5, 5.41) is 0. The van der Waals surface area contributed by atoms with Gasteiger partial charge in [0.2, 0.25) is 0 Å². The van der Waals surface area contributed by atoms with Crippen LogP contribution in [0.5, 0.6) is 0 Å². The van der Waals surface area contributed by atoms with Crippen molar-refractivity contribution in [3.05, 3.63) is 18.2 Å². The lowest BCUT2D eigenvalue weighted by Gasteiger charge is -2.05. The molecule has 0 aliphatic carbocycles. The van der Waals surface area contributed by atoms with Crippen LogP contribution < -0.4 is 0 Å². The molecule has 1 heterocycles. The number of imidazole rings is 1. The summed E-state index contributed by atoms with van der Waals surface area (Å²) >= 11 is 0. The molecule has 20 heavy (non-hydrogen) atoms. The van der Waals surface area contributed by atoms with Crippen LogP contribution in [-0.4, -0.2) is 15.3 Å². The Balaban J connectivity index is 2.12. The van der Waals surface area contributed by atoms with E-state index in [0.29, 0.717) is 18.6 Å². The predicted molar refractivity (Wildman–Crippen MR) is 83.8 cm³/mol. The van der Waals surface area contributed by atoms with Gasteiger partial charge in [0, 0.05) is 25.4 Å². The maximum Gasteiger partial charge on any atom is 0.140 e. The Labute approximate surface area is 123 Å². The predicted octanol–water partition coefficient (Wildman–Crippen LogP) is 4.55. The summed E-state index contributed by atoms with van der Waals surface area (Å²) in [5.41, 5.74) is 0. The average molecular weight is 278 g/mol. The molecule has 1 rings (SSSR count). The molecule has 114 valence electrons. The maximum atomic E-state index is 11.9. The fourth-order valence-electron chi connectivity index (χ4n) is 2.50. The number of unbranched alkanes of at least 4 members (excludes halogenated alkanes) is 6. The number of carbonyl (C=O) groups is 1. The number of ketones is 1. The highest BCUT2D eigenvalue weighted by molar-refractivity contribution is 5.80. The standard InChI is InChI=1S/C17H30N2O/c1-3-5-6-7-8-9-10-11-16(20)15-17-18-12-14-19(17)13-4-2/h12,14H,3-11,13,15H2,1-2H3. The third-order valence-electron chi connectivity index (χ3n) is 3.68. The molecule has 0 bridgehead atoms. The van der Waals surface area contributed by atoms with Gasteiger partial charge in [-0.25, -0.2) is 4.98 Å². The molecule has 1 aromatic heterocycles. The van der Waals surface area contributed by atoms with Crippen LogP contribution in [0.2, 0.25) is 0 Å². The largest absolute Gasteiger partial charge is 0.335 e. The number of hydrogen-bond donors (Lipinski definition) is 0. The second-order valence-electron chi connectivity index (χ2n) is 5.62. The summed E-state index contributed by atoms with van der Waals surface area (Å²) in [4.78, 5) is 16.2. The third kappa shape index (κ3) is 6.88. The normalized spacial score (nSPS) is 10.9. The van der Waals surface area contributed by atoms with Crippen LogP contribution in [0.25, 0.3) is 0 Å². The second-order valence-corrected chi connectivity index (χ2v) is 5.62. The van der Waals surface area contributed by atoms with E-state index in [4.69, 9.17) is 0 Å². The summed E-state index contributed by atoms with van der Waals surface area (Å²) < 4.78 is 2.10. The highest BCUT2D eigenvalue weighted by atomic mass is 16.1. The van der Waals surface area contributed by atoms with Crippen molar-refractivity contribution in [2.24, 2.45) is 0 Å². The lowest BCUT2D eigenvalue weighted by Crippen LogP contribution is -2.09. The highest BCUT2D eigenvalue weighted by Crippen LogP contribution is 2.10. The van der Waals surface area contributed by atoms with Gasteiger partial charge in [0.1, 0.15) is 11.6 Å². The van der Waals surface area contributed by atoms with Crippen molar-refractivity contribution in [3.8, 4) is 0 Å². The van der Waals surface area contributed by atoms with E-state index in [9.17, 15) is 4.79 Å². The van der Waals surface area contributed by atoms with Crippen molar-refractivity contribution in [1.29, 1.82) is 0 Å². The molecule has 1 aromatic rings. The summed E-state index contributed by atoms with van der Waals surface area (Å²) in [6.45, 7) is 5.34. The van der Waals surface area contributed by atoms with Gasteiger partial charge in [-0.05, 0) is 12.8 Å². The Morgan fingerprint density at radius 2 is 1.75 bits per heavy atom. The molecule has 0 aromatic carbocycles. The molecule has 0 amide bonds. The Kier molecular flexibility index (Phi) is 9.01. The van der Waals surface area contributed by atoms with Crippen molar-refractivity contribution in [3.63, 3.8) is 0 Å². The van der Waals surface area contributed by atoms with Crippen molar-refractivity contribution < 1.29 is 4.79 Å². The van der Waals surface area contributed by atoms with Crippen LogP contribution in [0.3, 0.4) is 0 Å². The molecular formula is C17H30N2O. The first-order valence-electron chi connectivity index (χ1n) is 8.29. The third-order valence-corrected chi connectivity index (χ3v) is 3.68. The summed E-state index contributed by atoms with van der Waals surface area (Å²) in [7, 11) is 0. The number of nitrogens with zero attached hydrogens (tertiary/aromatic N) is 2. The van der Waals surface area contributed by atoms with Crippen molar-refractivity contribution >= 4 is 5.78 Å². The second kappa shape index (κ2) is 10.6. The maximum absolute atomic E-state index is 11.9. The number of aromatic nitrogens is 2. The number of aryl methyl sites for hydroxylation is 1. The molecule has 0 aliphatic heterocycles. The summed E-state index contributed by atoms with van der Waals surface area (Å²) in [6, 6.07) is 0. The molecule has 0 atom stereocenters. The van der Waals surface area contributed by atoms with Gasteiger partial charge in [-0.15, -0.1) is 0 Å². The first-order valence-corrected chi connectivity index (χ1v) is 8.29. The minimum atomic E-state index is 0.335. The summed E-state index contributed by atoms with van der Waals surface area (Å²) in [6.07, 6.45) is 14.9. The number of rotatable bonds is 12. The molecule has 0 radical (unpaired) electrons. The molecule has 0 unspecified atom stereocenters. The Hall–Kier alpha value is -1.12. The van der Waals surface area contributed by atoms with Crippen LogP contribution >= 0.6 is 0 Å². The van der Waals surface area contributed by atoms with Crippen molar-refractivity contribution in [2.75, 3.05) is 0 Å². The van der Waals surface area contributed by atoms with E-state index in [-0.39, 0.29) is 0 Å². The van der Waals surface area contributed by atoms with Gasteiger partial charge in [0.25, 0.3) is 0 Å². The Morgan fingerprint density at radius 3 is 2.45 bits per heavy atom. The Bertz CT molecular complexity index is 371. The van der Waals surface area contributed by atoms with Crippen LogP contribution in [0.15, 0.2) is 12.4 Å². The average Bonchev–Trinajstić information content (AvgIpc) is 2.85. The van der Waals surface area contributed by atoms with E-state index in [0.717, 1.165) is 25.2 Å². The minimum Gasteiger partial charge on any atom is -0.335 e. The van der Waals surface area contributed by atoms with Gasteiger partial charge in [-0.1, -0.05) is 52.4 Å².